The van der Waals surface area contributed by atoms with E-state index in [1.54, 1.807) is 6.07 Å². The predicted molar refractivity (Wildman–Crippen MR) is 99.0 cm³/mol. The molecule has 0 aliphatic heterocycles. The monoisotopic (exact) mass is 406 g/mol. The fraction of sp³-hybridized carbons (Fsp3) is 0.300. The van der Waals surface area contributed by atoms with Gasteiger partial charge in [-0.25, -0.2) is 12.8 Å². The molecule has 2 aliphatic rings. The third-order valence-electron chi connectivity index (χ3n) is 5.37. The standard InChI is InChI=1S/C20H16ClFO4S/c1-27(25,26)18-7-4-11(13-3-6-17(24)20(13)18)12-2-5-16(23)14-8-10(22)9-15(21)19(12)14/h4,7-9,12H,2-3,5-6H2,1H3/t12-/m1/s1. The Morgan fingerprint density at radius 3 is 2.52 bits per heavy atom. The Kier molecular flexibility index (Phi) is 4.24. The van der Waals surface area contributed by atoms with Crippen LogP contribution in [0, 0.1) is 5.82 Å². The van der Waals surface area contributed by atoms with E-state index in [9.17, 15) is 22.4 Å². The van der Waals surface area contributed by atoms with Crippen LogP contribution in [0.2, 0.25) is 5.02 Å². The molecule has 140 valence electrons. The van der Waals surface area contributed by atoms with E-state index < -0.39 is 15.7 Å². The lowest BCUT2D eigenvalue weighted by Crippen LogP contribution is -2.19. The summed E-state index contributed by atoms with van der Waals surface area (Å²) in [5.74, 6) is -1.20. The molecule has 2 aliphatic carbocycles. The summed E-state index contributed by atoms with van der Waals surface area (Å²) in [4.78, 5) is 24.7. The van der Waals surface area contributed by atoms with Crippen LogP contribution >= 0.6 is 11.6 Å². The number of Topliss-reactive ketones (excluding diaryl/α,β-unsaturated/α-hetero) is 2. The van der Waals surface area contributed by atoms with E-state index in [4.69, 9.17) is 11.6 Å². The van der Waals surface area contributed by atoms with Gasteiger partial charge in [0.2, 0.25) is 0 Å². The summed E-state index contributed by atoms with van der Waals surface area (Å²) in [6, 6.07) is 5.55. The molecule has 0 unspecified atom stereocenters. The van der Waals surface area contributed by atoms with Crippen LogP contribution in [0.3, 0.4) is 0 Å². The normalized spacial score (nSPS) is 19.1. The van der Waals surface area contributed by atoms with Gasteiger partial charge in [0.25, 0.3) is 0 Å². The summed E-state index contributed by atoms with van der Waals surface area (Å²) >= 11 is 6.29. The summed E-state index contributed by atoms with van der Waals surface area (Å²) in [7, 11) is -3.54. The number of carbonyl (C=O) groups is 2. The van der Waals surface area contributed by atoms with Gasteiger partial charge in [-0.3, -0.25) is 9.59 Å². The minimum atomic E-state index is -3.54. The third kappa shape index (κ3) is 2.91. The van der Waals surface area contributed by atoms with E-state index in [0.29, 0.717) is 24.0 Å². The summed E-state index contributed by atoms with van der Waals surface area (Å²) in [6.45, 7) is 0. The third-order valence-corrected chi connectivity index (χ3v) is 6.82. The molecule has 0 heterocycles. The largest absolute Gasteiger partial charge is 0.294 e. The van der Waals surface area contributed by atoms with Gasteiger partial charge in [-0.2, -0.15) is 0 Å². The molecule has 0 fully saturated rings. The van der Waals surface area contributed by atoms with Crippen LogP contribution in [0.4, 0.5) is 4.39 Å². The van der Waals surface area contributed by atoms with Gasteiger partial charge in [0.15, 0.2) is 21.4 Å². The number of benzene rings is 2. The average Bonchev–Trinajstić information content (AvgIpc) is 2.96. The first-order chi connectivity index (χ1) is 12.7. The van der Waals surface area contributed by atoms with Crippen LogP contribution in [0.25, 0.3) is 0 Å². The molecule has 0 radical (unpaired) electrons. The molecule has 7 heteroatoms. The van der Waals surface area contributed by atoms with Crippen molar-refractivity contribution in [2.45, 2.75) is 36.5 Å². The van der Waals surface area contributed by atoms with E-state index >= 15 is 0 Å². The molecule has 0 amide bonds. The molecule has 0 saturated heterocycles. The zero-order chi connectivity index (χ0) is 19.5. The average molecular weight is 407 g/mol. The topological polar surface area (TPSA) is 68.3 Å². The number of halogens is 2. The number of fused-ring (bicyclic) bond motifs is 2. The highest BCUT2D eigenvalue weighted by Crippen LogP contribution is 2.44. The van der Waals surface area contributed by atoms with Gasteiger partial charge in [-0.05, 0) is 47.7 Å². The first kappa shape index (κ1) is 18.3. The van der Waals surface area contributed by atoms with E-state index in [-0.39, 0.29) is 51.4 Å². The molecule has 4 rings (SSSR count). The molecule has 0 saturated carbocycles. The van der Waals surface area contributed by atoms with Gasteiger partial charge >= 0.3 is 0 Å². The highest BCUT2D eigenvalue weighted by molar-refractivity contribution is 7.90. The van der Waals surface area contributed by atoms with Gasteiger partial charge in [0.05, 0.1) is 4.90 Å². The smallest absolute Gasteiger partial charge is 0.176 e. The highest BCUT2D eigenvalue weighted by Gasteiger charge is 2.35. The Labute approximate surface area is 161 Å². The molecule has 2 aromatic rings. The lowest BCUT2D eigenvalue weighted by atomic mass is 9.76. The second-order valence-corrected chi connectivity index (χ2v) is 9.46. The van der Waals surface area contributed by atoms with Crippen LogP contribution in [0.15, 0.2) is 29.2 Å². The minimum absolute atomic E-state index is 0.0427. The molecule has 0 N–H and O–H groups in total. The van der Waals surface area contributed by atoms with Gasteiger partial charge in [0.1, 0.15) is 5.82 Å². The van der Waals surface area contributed by atoms with Crippen molar-refractivity contribution in [3.8, 4) is 0 Å². The minimum Gasteiger partial charge on any atom is -0.294 e. The van der Waals surface area contributed by atoms with Crippen molar-refractivity contribution in [1.82, 2.24) is 0 Å². The van der Waals surface area contributed by atoms with Gasteiger partial charge in [-0.1, -0.05) is 17.7 Å². The second kappa shape index (κ2) is 6.24. The van der Waals surface area contributed by atoms with Gasteiger partial charge in [-0.15, -0.1) is 0 Å². The molecule has 4 nitrogen and oxygen atoms in total. The molecule has 1 atom stereocenters. The maximum absolute atomic E-state index is 13.8. The van der Waals surface area contributed by atoms with Crippen molar-refractivity contribution in [1.29, 1.82) is 0 Å². The number of hydrogen-bond donors (Lipinski definition) is 0. The van der Waals surface area contributed by atoms with Crippen LogP contribution in [0.5, 0.6) is 0 Å². The first-order valence-corrected chi connectivity index (χ1v) is 10.9. The Bertz CT molecular complexity index is 1120. The van der Waals surface area contributed by atoms with Crippen LogP contribution < -0.4 is 0 Å². The fourth-order valence-electron chi connectivity index (χ4n) is 4.25. The van der Waals surface area contributed by atoms with Crippen molar-refractivity contribution < 1.29 is 22.4 Å². The van der Waals surface area contributed by atoms with E-state index in [1.807, 2.05) is 0 Å². The van der Waals surface area contributed by atoms with Crippen LogP contribution in [-0.4, -0.2) is 26.2 Å². The lowest BCUT2D eigenvalue weighted by Gasteiger charge is -2.28. The van der Waals surface area contributed by atoms with E-state index in [0.717, 1.165) is 11.8 Å². The summed E-state index contributed by atoms with van der Waals surface area (Å²) in [5, 5.41) is 0.174. The molecular formula is C20H16ClFO4S. The fourth-order valence-corrected chi connectivity index (χ4v) is 5.51. The van der Waals surface area contributed by atoms with Gasteiger partial charge < -0.3 is 0 Å². The van der Waals surface area contributed by atoms with E-state index in [2.05, 4.69) is 0 Å². The maximum Gasteiger partial charge on any atom is 0.176 e. The Morgan fingerprint density at radius 1 is 1.07 bits per heavy atom. The van der Waals surface area contributed by atoms with Gasteiger partial charge in [0, 0.05) is 41.2 Å². The molecule has 0 bridgehead atoms. The molecule has 0 aromatic heterocycles. The Balaban J connectivity index is 1.96. The van der Waals surface area contributed by atoms with Crippen molar-refractivity contribution in [2.24, 2.45) is 0 Å². The quantitative estimate of drug-likeness (QED) is 0.752. The highest BCUT2D eigenvalue weighted by atomic mass is 35.5. The molecular weight excluding hydrogens is 391 g/mol. The zero-order valence-electron chi connectivity index (χ0n) is 14.5. The van der Waals surface area contributed by atoms with E-state index in [1.165, 1.54) is 18.2 Å². The number of carbonyl (C=O) groups excluding carboxylic acids is 2. The molecule has 2 aromatic carbocycles. The maximum atomic E-state index is 13.8. The first-order valence-electron chi connectivity index (χ1n) is 8.59. The Morgan fingerprint density at radius 2 is 1.81 bits per heavy atom. The molecule has 0 spiro atoms. The number of ketones is 2. The Hall–Kier alpha value is -2.05. The summed E-state index contributed by atoms with van der Waals surface area (Å²) < 4.78 is 38.0. The number of rotatable bonds is 2. The van der Waals surface area contributed by atoms with Crippen molar-refractivity contribution >= 4 is 33.0 Å². The van der Waals surface area contributed by atoms with Crippen molar-refractivity contribution in [3.05, 3.63) is 62.9 Å². The number of hydrogen-bond acceptors (Lipinski definition) is 4. The second-order valence-electron chi connectivity index (χ2n) is 7.07. The van der Waals surface area contributed by atoms with Crippen LogP contribution in [-0.2, 0) is 16.3 Å². The lowest BCUT2D eigenvalue weighted by molar-refractivity contribution is 0.0966. The number of sulfone groups is 1. The SMILES string of the molecule is CS(=O)(=O)c1ccc([C@H]2CCC(=O)c3cc(F)cc(Cl)c32)c2c1C(=O)CC2. The summed E-state index contributed by atoms with van der Waals surface area (Å²) in [5.41, 5.74) is 2.58. The summed E-state index contributed by atoms with van der Waals surface area (Å²) in [6.07, 6.45) is 2.52. The predicted octanol–water partition coefficient (Wildman–Crippen LogP) is 4.12. The van der Waals surface area contributed by atoms with Crippen molar-refractivity contribution in [3.63, 3.8) is 0 Å². The zero-order valence-corrected chi connectivity index (χ0v) is 16.1. The van der Waals surface area contributed by atoms with Crippen LogP contribution in [0.1, 0.15) is 62.6 Å². The molecule has 27 heavy (non-hydrogen) atoms. The van der Waals surface area contributed by atoms with Crippen molar-refractivity contribution in [2.75, 3.05) is 6.26 Å².